The highest BCUT2D eigenvalue weighted by molar-refractivity contribution is 5.40. The molecule has 15 heavy (non-hydrogen) atoms. The molecule has 0 aliphatic heterocycles. The molecule has 0 saturated carbocycles. The highest BCUT2D eigenvalue weighted by Gasteiger charge is 2.34. The summed E-state index contributed by atoms with van der Waals surface area (Å²) < 4.78 is 41.9. The van der Waals surface area contributed by atoms with E-state index >= 15 is 0 Å². The molecular weight excluding hydrogens is 207 g/mol. The molecule has 0 radical (unpaired) electrons. The molecule has 0 heterocycles. The van der Waals surface area contributed by atoms with Crippen LogP contribution in [0.25, 0.3) is 0 Å². The van der Waals surface area contributed by atoms with Crippen LogP contribution >= 0.6 is 0 Å². The van der Waals surface area contributed by atoms with E-state index in [0.29, 0.717) is 5.56 Å². The van der Waals surface area contributed by atoms with Crippen LogP contribution in [-0.4, -0.2) is 7.11 Å². The van der Waals surface area contributed by atoms with Gasteiger partial charge in [-0.3, -0.25) is 0 Å². The lowest BCUT2D eigenvalue weighted by atomic mass is 10.1. The van der Waals surface area contributed by atoms with Gasteiger partial charge in [0.2, 0.25) is 0 Å². The number of rotatable bonds is 2. The van der Waals surface area contributed by atoms with Crippen LogP contribution in [0.1, 0.15) is 11.1 Å². The van der Waals surface area contributed by atoms with E-state index in [2.05, 4.69) is 4.74 Å². The Labute approximate surface area is 84.9 Å². The number of nitriles is 1. The van der Waals surface area contributed by atoms with Crippen molar-refractivity contribution in [2.75, 3.05) is 7.11 Å². The molecule has 0 atom stereocenters. The van der Waals surface area contributed by atoms with Crippen molar-refractivity contribution in [2.24, 2.45) is 0 Å². The minimum absolute atomic E-state index is 0.0640. The van der Waals surface area contributed by atoms with E-state index < -0.39 is 11.7 Å². The predicted molar refractivity (Wildman–Crippen MR) is 47.3 cm³/mol. The molecule has 2 nitrogen and oxygen atoms in total. The van der Waals surface area contributed by atoms with Crippen LogP contribution in [0.15, 0.2) is 18.2 Å². The van der Waals surface area contributed by atoms with Gasteiger partial charge in [0.25, 0.3) is 0 Å². The van der Waals surface area contributed by atoms with Gasteiger partial charge in [0.1, 0.15) is 5.75 Å². The van der Waals surface area contributed by atoms with Crippen molar-refractivity contribution in [1.29, 1.82) is 5.26 Å². The van der Waals surface area contributed by atoms with Crippen molar-refractivity contribution in [3.05, 3.63) is 29.3 Å². The summed E-state index contributed by atoms with van der Waals surface area (Å²) in [4.78, 5) is 0. The number of alkyl halides is 3. The molecule has 0 bridgehead atoms. The Morgan fingerprint density at radius 2 is 2.07 bits per heavy atom. The highest BCUT2D eigenvalue weighted by Crippen LogP contribution is 2.36. The SMILES string of the molecule is COc1cc(CC#N)ccc1C(F)(F)F. The van der Waals surface area contributed by atoms with E-state index in [1.807, 2.05) is 6.07 Å². The molecule has 5 heteroatoms. The maximum atomic E-state index is 12.4. The summed E-state index contributed by atoms with van der Waals surface area (Å²) in [6, 6.07) is 5.28. The molecule has 0 N–H and O–H groups in total. The van der Waals surface area contributed by atoms with Crippen LogP contribution in [-0.2, 0) is 12.6 Å². The number of hydrogen-bond acceptors (Lipinski definition) is 2. The first kappa shape index (κ1) is 11.4. The number of halogens is 3. The maximum absolute atomic E-state index is 12.4. The minimum atomic E-state index is -4.43. The summed E-state index contributed by atoms with van der Waals surface area (Å²) in [5, 5.41) is 8.40. The summed E-state index contributed by atoms with van der Waals surface area (Å²) in [5.74, 6) is -0.254. The van der Waals surface area contributed by atoms with Gasteiger partial charge in [-0.25, -0.2) is 0 Å². The molecule has 0 fully saturated rings. The molecule has 0 aliphatic carbocycles. The third-order valence-corrected chi connectivity index (χ3v) is 1.85. The first-order valence-electron chi connectivity index (χ1n) is 4.10. The molecule has 0 aromatic heterocycles. The molecule has 1 aromatic carbocycles. The van der Waals surface area contributed by atoms with Gasteiger partial charge < -0.3 is 4.74 Å². The largest absolute Gasteiger partial charge is 0.496 e. The van der Waals surface area contributed by atoms with E-state index in [9.17, 15) is 13.2 Å². The molecule has 0 amide bonds. The van der Waals surface area contributed by atoms with Gasteiger partial charge in [0.15, 0.2) is 0 Å². The number of ether oxygens (including phenoxy) is 1. The summed E-state index contributed by atoms with van der Waals surface area (Å²) in [7, 11) is 1.17. The smallest absolute Gasteiger partial charge is 0.419 e. The van der Waals surface area contributed by atoms with E-state index in [-0.39, 0.29) is 12.2 Å². The molecule has 0 aliphatic rings. The van der Waals surface area contributed by atoms with Gasteiger partial charge >= 0.3 is 6.18 Å². The molecule has 1 rings (SSSR count). The number of nitrogens with zero attached hydrogens (tertiary/aromatic N) is 1. The fourth-order valence-corrected chi connectivity index (χ4v) is 1.17. The van der Waals surface area contributed by atoms with Crippen molar-refractivity contribution in [3.8, 4) is 11.8 Å². The summed E-state index contributed by atoms with van der Waals surface area (Å²) in [6.07, 6.45) is -4.37. The quantitative estimate of drug-likeness (QED) is 0.759. The second kappa shape index (κ2) is 4.22. The average Bonchev–Trinajstić information content (AvgIpc) is 2.16. The third kappa shape index (κ3) is 2.62. The lowest BCUT2D eigenvalue weighted by Crippen LogP contribution is -2.07. The Balaban J connectivity index is 3.16. The summed E-state index contributed by atoms with van der Waals surface area (Å²) in [6.45, 7) is 0. The van der Waals surface area contributed by atoms with Crippen molar-refractivity contribution in [3.63, 3.8) is 0 Å². The Morgan fingerprint density at radius 3 is 2.53 bits per heavy atom. The van der Waals surface area contributed by atoms with Crippen molar-refractivity contribution in [2.45, 2.75) is 12.6 Å². The third-order valence-electron chi connectivity index (χ3n) is 1.85. The summed E-state index contributed by atoms with van der Waals surface area (Å²) in [5.41, 5.74) is -0.325. The molecule has 80 valence electrons. The van der Waals surface area contributed by atoms with Gasteiger partial charge in [-0.15, -0.1) is 0 Å². The van der Waals surface area contributed by atoms with Crippen LogP contribution in [0, 0.1) is 11.3 Å². The normalized spacial score (nSPS) is 10.9. The van der Waals surface area contributed by atoms with Crippen molar-refractivity contribution in [1.82, 2.24) is 0 Å². The van der Waals surface area contributed by atoms with E-state index in [0.717, 1.165) is 6.07 Å². The Hall–Kier alpha value is -1.70. The van der Waals surface area contributed by atoms with Crippen LogP contribution in [0.2, 0.25) is 0 Å². The lowest BCUT2D eigenvalue weighted by molar-refractivity contribution is -0.138. The topological polar surface area (TPSA) is 33.0 Å². The molecular formula is C10H8F3NO. The zero-order valence-electron chi connectivity index (χ0n) is 7.93. The second-order valence-electron chi connectivity index (χ2n) is 2.87. The molecule has 1 aromatic rings. The van der Waals surface area contributed by atoms with Crippen molar-refractivity contribution >= 4 is 0 Å². The Kier molecular flexibility index (Phi) is 3.20. The molecule has 0 unspecified atom stereocenters. The Bertz CT molecular complexity index is 393. The fraction of sp³-hybridized carbons (Fsp3) is 0.300. The van der Waals surface area contributed by atoms with E-state index in [1.54, 1.807) is 0 Å². The van der Waals surface area contributed by atoms with Crippen LogP contribution in [0.3, 0.4) is 0 Å². The minimum Gasteiger partial charge on any atom is -0.496 e. The van der Waals surface area contributed by atoms with Crippen LogP contribution in [0.4, 0.5) is 13.2 Å². The van der Waals surface area contributed by atoms with Crippen LogP contribution < -0.4 is 4.74 Å². The molecule has 0 spiro atoms. The monoisotopic (exact) mass is 215 g/mol. The van der Waals surface area contributed by atoms with Crippen LogP contribution in [0.5, 0.6) is 5.75 Å². The summed E-state index contributed by atoms with van der Waals surface area (Å²) >= 11 is 0. The zero-order chi connectivity index (χ0) is 11.5. The van der Waals surface area contributed by atoms with Gasteiger partial charge in [-0.1, -0.05) is 6.07 Å². The first-order chi connectivity index (χ1) is 6.99. The fourth-order valence-electron chi connectivity index (χ4n) is 1.17. The highest BCUT2D eigenvalue weighted by atomic mass is 19.4. The Morgan fingerprint density at radius 1 is 1.40 bits per heavy atom. The van der Waals surface area contributed by atoms with Gasteiger partial charge in [-0.2, -0.15) is 18.4 Å². The number of methoxy groups -OCH3 is 1. The number of benzene rings is 1. The zero-order valence-corrected chi connectivity index (χ0v) is 7.93. The maximum Gasteiger partial charge on any atom is 0.419 e. The van der Waals surface area contributed by atoms with Gasteiger partial charge in [0, 0.05) is 0 Å². The van der Waals surface area contributed by atoms with Crippen molar-refractivity contribution < 1.29 is 17.9 Å². The molecule has 0 saturated heterocycles. The average molecular weight is 215 g/mol. The second-order valence-corrected chi connectivity index (χ2v) is 2.87. The van der Waals surface area contributed by atoms with Gasteiger partial charge in [0.05, 0.1) is 25.2 Å². The standard InChI is InChI=1S/C10H8F3NO/c1-15-9-6-7(4-5-14)2-3-8(9)10(11,12)13/h2-3,6H,4H2,1H3. The van der Waals surface area contributed by atoms with Gasteiger partial charge in [-0.05, 0) is 17.7 Å². The van der Waals surface area contributed by atoms with E-state index in [1.165, 1.54) is 19.2 Å². The first-order valence-corrected chi connectivity index (χ1v) is 4.10. The lowest BCUT2D eigenvalue weighted by Gasteiger charge is -2.12. The number of hydrogen-bond donors (Lipinski definition) is 0. The predicted octanol–water partition coefficient (Wildman–Crippen LogP) is 2.78. The van der Waals surface area contributed by atoms with E-state index in [4.69, 9.17) is 5.26 Å².